The van der Waals surface area contributed by atoms with Gasteiger partial charge in [0.2, 0.25) is 0 Å². The predicted octanol–water partition coefficient (Wildman–Crippen LogP) is 3.30. The van der Waals surface area contributed by atoms with E-state index < -0.39 is 17.7 Å². The molecule has 1 aromatic carbocycles. The van der Waals surface area contributed by atoms with Crippen LogP contribution in [0.4, 0.5) is 8.78 Å². The minimum Gasteiger partial charge on any atom is -0.387 e. The zero-order chi connectivity index (χ0) is 16.5. The summed E-state index contributed by atoms with van der Waals surface area (Å²) in [4.78, 5) is 15.1. The topological polar surface area (TPSA) is 55.7 Å². The van der Waals surface area contributed by atoms with Crippen LogP contribution < -0.4 is 5.48 Å². The van der Waals surface area contributed by atoms with Gasteiger partial charge in [-0.2, -0.15) is 0 Å². The summed E-state index contributed by atoms with van der Waals surface area (Å²) in [5, 5.41) is 6.87. The Morgan fingerprint density at radius 3 is 2.83 bits per heavy atom. The minimum atomic E-state index is -0.756. The number of halogens is 2. The van der Waals surface area contributed by atoms with E-state index in [4.69, 9.17) is 9.68 Å². The van der Waals surface area contributed by atoms with E-state index in [2.05, 4.69) is 15.6 Å². The first kappa shape index (κ1) is 15.6. The molecule has 0 bridgehead atoms. The van der Waals surface area contributed by atoms with Crippen molar-refractivity contribution in [1.29, 1.82) is 0 Å². The molecule has 2 aliphatic heterocycles. The maximum atomic E-state index is 13.9. The summed E-state index contributed by atoms with van der Waals surface area (Å²) in [6.07, 6.45) is 0.497. The second kappa shape index (κ2) is 6.54. The molecule has 2 unspecified atom stereocenters. The molecule has 4 rings (SSSR count). The summed E-state index contributed by atoms with van der Waals surface area (Å²) in [6, 6.07) is 3.77. The summed E-state index contributed by atoms with van der Waals surface area (Å²) < 4.78 is 27.7. The average Bonchev–Trinajstić information content (AvgIpc) is 3.25. The van der Waals surface area contributed by atoms with Crippen molar-refractivity contribution in [3.8, 4) is 0 Å². The number of hydrogen-bond acceptors (Lipinski definition) is 6. The van der Waals surface area contributed by atoms with Crippen molar-refractivity contribution in [3.05, 3.63) is 51.5 Å². The Bertz CT molecular complexity index is 754. The van der Waals surface area contributed by atoms with Gasteiger partial charge < -0.3 is 9.68 Å². The van der Waals surface area contributed by atoms with Gasteiger partial charge in [0.05, 0.1) is 22.9 Å². The van der Waals surface area contributed by atoms with Crippen LogP contribution in [0.2, 0.25) is 0 Å². The number of nitrogens with one attached hydrogen (secondary N) is 1. The van der Waals surface area contributed by atoms with Crippen molar-refractivity contribution < 1.29 is 18.5 Å². The molecule has 0 saturated carbocycles. The van der Waals surface area contributed by atoms with Crippen LogP contribution in [-0.4, -0.2) is 23.8 Å². The largest absolute Gasteiger partial charge is 0.387 e. The fraction of sp³-hybridized carbons (Fsp3) is 0.375. The Morgan fingerprint density at radius 1 is 1.25 bits per heavy atom. The molecular weight excluding hydrogens is 336 g/mol. The lowest BCUT2D eigenvalue weighted by atomic mass is 10.0. The predicted molar refractivity (Wildman–Crippen MR) is 84.8 cm³/mol. The standard InChI is InChI=1S/C16H15F2N3O2S/c17-10-2-1-3-11(18)15(10)14-6-12(21-23-14)13-8-24-16(20-13)9-4-5-19-22-7-9/h1-3,8-9,14,19H,4-7H2. The van der Waals surface area contributed by atoms with Crippen LogP contribution in [0.3, 0.4) is 0 Å². The van der Waals surface area contributed by atoms with Crippen LogP contribution >= 0.6 is 11.3 Å². The molecule has 2 aliphatic rings. The van der Waals surface area contributed by atoms with Crippen molar-refractivity contribution in [3.63, 3.8) is 0 Å². The molecule has 1 fully saturated rings. The van der Waals surface area contributed by atoms with Gasteiger partial charge >= 0.3 is 0 Å². The zero-order valence-electron chi connectivity index (χ0n) is 12.7. The van der Waals surface area contributed by atoms with E-state index in [0.717, 1.165) is 18.0 Å². The summed E-state index contributed by atoms with van der Waals surface area (Å²) in [7, 11) is 0. The van der Waals surface area contributed by atoms with Crippen molar-refractivity contribution in [2.45, 2.75) is 24.9 Å². The lowest BCUT2D eigenvalue weighted by Gasteiger charge is -2.20. The smallest absolute Gasteiger partial charge is 0.164 e. The van der Waals surface area contributed by atoms with E-state index >= 15 is 0 Å². The molecule has 1 saturated heterocycles. The van der Waals surface area contributed by atoms with Gasteiger partial charge in [0.25, 0.3) is 0 Å². The van der Waals surface area contributed by atoms with Crippen LogP contribution in [0, 0.1) is 11.6 Å². The van der Waals surface area contributed by atoms with Gasteiger partial charge in [-0.1, -0.05) is 11.2 Å². The van der Waals surface area contributed by atoms with E-state index in [9.17, 15) is 8.78 Å². The Morgan fingerprint density at radius 2 is 2.08 bits per heavy atom. The molecule has 24 heavy (non-hydrogen) atoms. The molecule has 0 spiro atoms. The van der Waals surface area contributed by atoms with Crippen LogP contribution in [0.25, 0.3) is 0 Å². The molecule has 126 valence electrons. The molecule has 2 atom stereocenters. The third kappa shape index (κ3) is 2.92. The number of rotatable bonds is 3. The number of thiazole rings is 1. The van der Waals surface area contributed by atoms with Crippen molar-refractivity contribution in [2.24, 2.45) is 5.16 Å². The van der Waals surface area contributed by atoms with Gasteiger partial charge in [-0.05, 0) is 18.6 Å². The van der Waals surface area contributed by atoms with Gasteiger partial charge in [0, 0.05) is 24.3 Å². The zero-order valence-corrected chi connectivity index (χ0v) is 13.5. The minimum absolute atomic E-state index is 0.0848. The Labute approximate surface area is 141 Å². The number of aromatic nitrogens is 1. The molecule has 1 N–H and O–H groups in total. The fourth-order valence-corrected chi connectivity index (χ4v) is 3.80. The number of hydrogen-bond donors (Lipinski definition) is 1. The van der Waals surface area contributed by atoms with Crippen LogP contribution in [0.1, 0.15) is 41.1 Å². The van der Waals surface area contributed by atoms with Gasteiger partial charge in [-0.25, -0.2) is 19.2 Å². The molecule has 2 aromatic rings. The van der Waals surface area contributed by atoms with Gasteiger partial charge in [-0.3, -0.25) is 0 Å². The van der Waals surface area contributed by atoms with E-state index in [1.165, 1.54) is 18.2 Å². The first-order valence-corrected chi connectivity index (χ1v) is 8.57. The molecule has 8 heteroatoms. The van der Waals surface area contributed by atoms with Gasteiger partial charge in [0.1, 0.15) is 17.3 Å². The second-order valence-corrected chi connectivity index (χ2v) is 6.62. The number of hydroxylamine groups is 1. The highest BCUT2D eigenvalue weighted by Crippen LogP contribution is 2.34. The molecule has 5 nitrogen and oxygen atoms in total. The third-order valence-electron chi connectivity index (χ3n) is 4.14. The quantitative estimate of drug-likeness (QED) is 0.922. The molecule has 0 radical (unpaired) electrons. The van der Waals surface area contributed by atoms with Crippen molar-refractivity contribution in [2.75, 3.05) is 13.2 Å². The van der Waals surface area contributed by atoms with Gasteiger partial charge in [-0.15, -0.1) is 11.3 Å². The average molecular weight is 351 g/mol. The summed E-state index contributed by atoms with van der Waals surface area (Å²) in [6.45, 7) is 1.37. The first-order valence-electron chi connectivity index (χ1n) is 7.69. The SMILES string of the molecule is Fc1cccc(F)c1C1CC(c2csc(C3CCNOC3)n2)=NO1. The Balaban J connectivity index is 1.50. The Hall–Kier alpha value is -1.90. The molecule has 3 heterocycles. The molecule has 0 aliphatic carbocycles. The number of oxime groups is 1. The summed E-state index contributed by atoms with van der Waals surface area (Å²) in [5.74, 6) is -0.989. The van der Waals surface area contributed by atoms with Crippen molar-refractivity contribution >= 4 is 17.0 Å². The number of nitrogens with zero attached hydrogens (tertiary/aromatic N) is 2. The molecule has 1 aromatic heterocycles. The highest BCUT2D eigenvalue weighted by molar-refractivity contribution is 7.10. The van der Waals surface area contributed by atoms with E-state index in [1.807, 2.05) is 5.38 Å². The maximum absolute atomic E-state index is 13.9. The third-order valence-corrected chi connectivity index (χ3v) is 5.15. The number of benzene rings is 1. The van der Waals surface area contributed by atoms with E-state index in [-0.39, 0.29) is 11.5 Å². The Kier molecular flexibility index (Phi) is 4.26. The van der Waals surface area contributed by atoms with E-state index in [0.29, 0.717) is 24.4 Å². The van der Waals surface area contributed by atoms with Crippen LogP contribution in [-0.2, 0) is 9.68 Å². The maximum Gasteiger partial charge on any atom is 0.164 e. The second-order valence-electron chi connectivity index (χ2n) is 5.73. The lowest BCUT2D eigenvalue weighted by Crippen LogP contribution is -2.28. The van der Waals surface area contributed by atoms with E-state index in [1.54, 1.807) is 11.3 Å². The highest BCUT2D eigenvalue weighted by Gasteiger charge is 2.30. The van der Waals surface area contributed by atoms with Crippen LogP contribution in [0.15, 0.2) is 28.7 Å². The van der Waals surface area contributed by atoms with Gasteiger partial charge in [0.15, 0.2) is 6.10 Å². The van der Waals surface area contributed by atoms with Crippen LogP contribution in [0.5, 0.6) is 0 Å². The summed E-state index contributed by atoms with van der Waals surface area (Å²) >= 11 is 1.54. The molecular formula is C16H15F2N3O2S. The highest BCUT2D eigenvalue weighted by atomic mass is 32.1. The normalized spacial score (nSPS) is 23.8. The van der Waals surface area contributed by atoms with Crippen molar-refractivity contribution in [1.82, 2.24) is 10.5 Å². The summed E-state index contributed by atoms with van der Waals surface area (Å²) in [5.41, 5.74) is 4.07. The molecule has 0 amide bonds. The first-order chi connectivity index (χ1) is 11.7. The fourth-order valence-electron chi connectivity index (χ4n) is 2.85. The lowest BCUT2D eigenvalue weighted by molar-refractivity contribution is 0.000445. The monoisotopic (exact) mass is 351 g/mol.